The molecular formula is C14H12N2O5. The van der Waals surface area contributed by atoms with Crippen molar-refractivity contribution < 1.29 is 24.5 Å². The van der Waals surface area contributed by atoms with Crippen molar-refractivity contribution >= 4 is 23.3 Å². The third kappa shape index (κ3) is 3.03. The summed E-state index contributed by atoms with van der Waals surface area (Å²) in [5.74, 6) is -2.71. The number of aromatic hydroxyl groups is 1. The molecule has 0 aliphatic heterocycles. The van der Waals surface area contributed by atoms with Gasteiger partial charge in [0.15, 0.2) is 0 Å². The van der Waals surface area contributed by atoms with E-state index in [0.29, 0.717) is 0 Å². The number of anilines is 2. The van der Waals surface area contributed by atoms with E-state index in [0.717, 1.165) is 0 Å². The molecule has 108 valence electrons. The van der Waals surface area contributed by atoms with Crippen LogP contribution in [0.3, 0.4) is 0 Å². The van der Waals surface area contributed by atoms with Crippen LogP contribution in [-0.2, 0) is 0 Å². The molecule has 0 saturated heterocycles. The van der Waals surface area contributed by atoms with Gasteiger partial charge in [-0.05, 0) is 36.4 Å². The number of nitrogens with two attached hydrogens (primary N) is 2. The fourth-order valence-corrected chi connectivity index (χ4v) is 1.68. The molecule has 7 nitrogen and oxygen atoms in total. The number of phenols is 1. The number of phenolic OH excluding ortho intramolecular Hbond substituents is 1. The molecule has 0 spiro atoms. The predicted octanol–water partition coefficient (Wildman–Crippen LogP) is 1.47. The van der Waals surface area contributed by atoms with Gasteiger partial charge in [-0.2, -0.15) is 0 Å². The highest BCUT2D eigenvalue weighted by Crippen LogP contribution is 2.25. The van der Waals surface area contributed by atoms with Gasteiger partial charge in [-0.15, -0.1) is 0 Å². The first-order valence-corrected chi connectivity index (χ1v) is 5.82. The second kappa shape index (κ2) is 5.41. The molecule has 0 unspecified atom stereocenters. The number of benzene rings is 2. The minimum atomic E-state index is -1.29. The molecular weight excluding hydrogens is 276 g/mol. The molecule has 0 amide bonds. The number of carboxylic acids is 1. The van der Waals surface area contributed by atoms with E-state index in [1.165, 1.54) is 36.4 Å². The van der Waals surface area contributed by atoms with Crippen molar-refractivity contribution in [1.29, 1.82) is 0 Å². The zero-order valence-corrected chi connectivity index (χ0v) is 10.7. The number of hydrogen-bond donors (Lipinski definition) is 4. The van der Waals surface area contributed by atoms with Crippen molar-refractivity contribution in [3.63, 3.8) is 0 Å². The summed E-state index contributed by atoms with van der Waals surface area (Å²) in [7, 11) is 0. The Kier molecular flexibility index (Phi) is 3.66. The molecule has 0 heterocycles. The smallest absolute Gasteiger partial charge is 0.347 e. The zero-order valence-electron chi connectivity index (χ0n) is 10.7. The third-order valence-electron chi connectivity index (χ3n) is 2.68. The summed E-state index contributed by atoms with van der Waals surface area (Å²) in [5.41, 5.74) is 11.1. The topological polar surface area (TPSA) is 136 Å². The van der Waals surface area contributed by atoms with E-state index in [-0.39, 0.29) is 34.0 Å². The molecule has 0 aliphatic carbocycles. The molecule has 0 aromatic heterocycles. The van der Waals surface area contributed by atoms with Gasteiger partial charge in [0.25, 0.3) is 0 Å². The summed E-state index contributed by atoms with van der Waals surface area (Å²) in [6.45, 7) is 0. The maximum Gasteiger partial charge on any atom is 0.347 e. The van der Waals surface area contributed by atoms with Crippen LogP contribution in [0.15, 0.2) is 36.4 Å². The lowest BCUT2D eigenvalue weighted by Crippen LogP contribution is -2.12. The fourth-order valence-electron chi connectivity index (χ4n) is 1.68. The monoisotopic (exact) mass is 288 g/mol. The van der Waals surface area contributed by atoms with E-state index in [4.69, 9.17) is 21.3 Å². The van der Waals surface area contributed by atoms with Crippen molar-refractivity contribution in [2.24, 2.45) is 0 Å². The molecule has 0 saturated carbocycles. The average molecular weight is 288 g/mol. The van der Waals surface area contributed by atoms with Gasteiger partial charge in [0, 0.05) is 11.4 Å². The molecule has 2 aromatic carbocycles. The van der Waals surface area contributed by atoms with Crippen LogP contribution in [0.1, 0.15) is 20.7 Å². The van der Waals surface area contributed by atoms with E-state index in [2.05, 4.69) is 0 Å². The van der Waals surface area contributed by atoms with Crippen LogP contribution in [0.4, 0.5) is 11.4 Å². The Morgan fingerprint density at radius 1 is 0.952 bits per heavy atom. The van der Waals surface area contributed by atoms with Gasteiger partial charge in [0.2, 0.25) is 0 Å². The zero-order chi connectivity index (χ0) is 15.6. The van der Waals surface area contributed by atoms with Gasteiger partial charge in [-0.1, -0.05) is 0 Å². The number of carbonyl (C=O) groups is 2. The molecule has 7 heteroatoms. The van der Waals surface area contributed by atoms with Gasteiger partial charge < -0.3 is 26.4 Å². The molecule has 2 aromatic rings. The lowest BCUT2D eigenvalue weighted by Gasteiger charge is -2.09. The minimum absolute atomic E-state index is 0.164. The van der Waals surface area contributed by atoms with Crippen LogP contribution in [0, 0.1) is 0 Å². The largest absolute Gasteiger partial charge is 0.507 e. The number of ether oxygens (including phenoxy) is 1. The maximum absolute atomic E-state index is 12.0. The minimum Gasteiger partial charge on any atom is -0.507 e. The van der Waals surface area contributed by atoms with E-state index >= 15 is 0 Å². The Hall–Kier alpha value is -3.22. The Morgan fingerprint density at radius 2 is 1.52 bits per heavy atom. The first-order chi connectivity index (χ1) is 9.88. The van der Waals surface area contributed by atoms with Gasteiger partial charge >= 0.3 is 11.9 Å². The van der Waals surface area contributed by atoms with Crippen molar-refractivity contribution in [2.45, 2.75) is 0 Å². The summed E-state index contributed by atoms with van der Waals surface area (Å²) in [4.78, 5) is 23.1. The highest BCUT2D eigenvalue weighted by Gasteiger charge is 2.18. The van der Waals surface area contributed by atoms with Crippen LogP contribution in [0.25, 0.3) is 0 Å². The van der Waals surface area contributed by atoms with Crippen molar-refractivity contribution in [3.05, 3.63) is 47.5 Å². The Balaban J connectivity index is 2.36. The highest BCUT2D eigenvalue weighted by molar-refractivity contribution is 5.97. The first-order valence-electron chi connectivity index (χ1n) is 5.82. The van der Waals surface area contributed by atoms with Gasteiger partial charge in [0.1, 0.15) is 22.6 Å². The molecule has 21 heavy (non-hydrogen) atoms. The molecule has 0 radical (unpaired) electrons. The Morgan fingerprint density at radius 3 is 2.14 bits per heavy atom. The Bertz CT molecular complexity index is 727. The molecule has 0 atom stereocenters. The van der Waals surface area contributed by atoms with E-state index in [9.17, 15) is 14.7 Å². The standard InChI is InChI=1S/C14H12N2O5/c15-7-1-3-11(17)9(5-7)14(20)21-12-4-2-8(16)6-10(12)13(18)19/h1-6,17H,15-16H2,(H,18,19). The highest BCUT2D eigenvalue weighted by atomic mass is 16.5. The second-order valence-electron chi connectivity index (χ2n) is 4.23. The number of rotatable bonds is 3. The van der Waals surface area contributed by atoms with E-state index in [1.54, 1.807) is 0 Å². The van der Waals surface area contributed by atoms with Crippen molar-refractivity contribution in [2.75, 3.05) is 11.5 Å². The summed E-state index contributed by atoms with van der Waals surface area (Å²) in [6.07, 6.45) is 0. The number of nitrogen functional groups attached to an aromatic ring is 2. The van der Waals surface area contributed by atoms with Gasteiger partial charge in [0.05, 0.1) is 0 Å². The lowest BCUT2D eigenvalue weighted by atomic mass is 10.1. The SMILES string of the molecule is Nc1ccc(O)c(C(=O)Oc2ccc(N)cc2C(=O)O)c1. The van der Waals surface area contributed by atoms with Crippen molar-refractivity contribution in [3.8, 4) is 11.5 Å². The lowest BCUT2D eigenvalue weighted by molar-refractivity contribution is 0.0681. The quantitative estimate of drug-likeness (QED) is 0.290. The summed E-state index contributed by atoms with van der Waals surface area (Å²) in [6, 6.07) is 7.72. The summed E-state index contributed by atoms with van der Waals surface area (Å²) >= 11 is 0. The number of carboxylic acid groups (broad SMARTS) is 1. The van der Waals surface area contributed by atoms with Gasteiger partial charge in [-0.25, -0.2) is 9.59 Å². The van der Waals surface area contributed by atoms with E-state index < -0.39 is 11.9 Å². The normalized spacial score (nSPS) is 10.1. The van der Waals surface area contributed by atoms with Crippen molar-refractivity contribution in [1.82, 2.24) is 0 Å². The fraction of sp³-hybridized carbons (Fsp3) is 0. The van der Waals surface area contributed by atoms with Crippen LogP contribution in [0.2, 0.25) is 0 Å². The van der Waals surface area contributed by atoms with Gasteiger partial charge in [-0.3, -0.25) is 0 Å². The number of aromatic carboxylic acids is 1. The molecule has 2 rings (SSSR count). The predicted molar refractivity (Wildman–Crippen MR) is 75.3 cm³/mol. The van der Waals surface area contributed by atoms with E-state index in [1.807, 2.05) is 0 Å². The number of esters is 1. The number of hydrogen-bond acceptors (Lipinski definition) is 6. The molecule has 6 N–H and O–H groups in total. The maximum atomic E-state index is 12.0. The van der Waals surface area contributed by atoms with Crippen LogP contribution >= 0.6 is 0 Å². The summed E-state index contributed by atoms with van der Waals surface area (Å²) in [5, 5.41) is 18.7. The molecule has 0 bridgehead atoms. The van der Waals surface area contributed by atoms with Crippen LogP contribution in [-0.4, -0.2) is 22.2 Å². The molecule has 0 fully saturated rings. The van der Waals surface area contributed by atoms with Crippen LogP contribution < -0.4 is 16.2 Å². The Labute approximate surface area is 119 Å². The average Bonchev–Trinajstić information content (AvgIpc) is 2.43. The first kappa shape index (κ1) is 14.2. The molecule has 0 aliphatic rings. The number of carbonyl (C=O) groups excluding carboxylic acids is 1. The van der Waals surface area contributed by atoms with Crippen LogP contribution in [0.5, 0.6) is 11.5 Å². The third-order valence-corrected chi connectivity index (χ3v) is 2.68. The summed E-state index contributed by atoms with van der Waals surface area (Å²) < 4.78 is 4.99. The second-order valence-corrected chi connectivity index (χ2v) is 4.23.